The topological polar surface area (TPSA) is 54.0 Å². The molecule has 0 radical (unpaired) electrons. The summed E-state index contributed by atoms with van der Waals surface area (Å²) in [5.74, 6) is -0.175. The molecule has 0 saturated heterocycles. The molecule has 1 aliphatic heterocycles. The Morgan fingerprint density at radius 2 is 2.20 bits per heavy atom. The Hall–Kier alpha value is -1.72. The number of aromatic nitrogens is 1. The molecular formula is C15H17N3OS. The molecule has 0 fully saturated rings. The van der Waals surface area contributed by atoms with Gasteiger partial charge >= 0.3 is 0 Å². The van der Waals surface area contributed by atoms with Gasteiger partial charge in [-0.05, 0) is 12.5 Å². The molecule has 1 aromatic carbocycles. The minimum absolute atomic E-state index is 0.00439. The molecule has 1 atom stereocenters. The maximum atomic E-state index is 12.3. The molecule has 2 N–H and O–H groups in total. The van der Waals surface area contributed by atoms with Gasteiger partial charge in [0.2, 0.25) is 5.91 Å². The van der Waals surface area contributed by atoms with Gasteiger partial charge in [0, 0.05) is 24.4 Å². The van der Waals surface area contributed by atoms with E-state index >= 15 is 0 Å². The van der Waals surface area contributed by atoms with Crippen LogP contribution in [-0.4, -0.2) is 17.4 Å². The molecule has 20 heavy (non-hydrogen) atoms. The second-order valence-electron chi connectivity index (χ2n) is 4.94. The molecule has 0 spiro atoms. The van der Waals surface area contributed by atoms with Gasteiger partial charge in [-0.15, -0.1) is 11.3 Å². The third-order valence-corrected chi connectivity index (χ3v) is 4.54. The van der Waals surface area contributed by atoms with Gasteiger partial charge in [0.05, 0.1) is 11.6 Å². The number of benzene rings is 1. The number of nitrogens with one attached hydrogen (secondary N) is 2. The second-order valence-corrected chi connectivity index (χ2v) is 6.02. The summed E-state index contributed by atoms with van der Waals surface area (Å²) in [4.78, 5) is 18.0. The third kappa shape index (κ3) is 2.73. The van der Waals surface area contributed by atoms with Crippen molar-refractivity contribution in [2.75, 3.05) is 11.9 Å². The summed E-state index contributed by atoms with van der Waals surface area (Å²) < 4.78 is 0. The lowest BCUT2D eigenvalue weighted by molar-refractivity contribution is -0.117. The van der Waals surface area contributed by atoms with Crippen molar-refractivity contribution in [3.8, 4) is 0 Å². The van der Waals surface area contributed by atoms with Crippen molar-refractivity contribution in [3.63, 3.8) is 0 Å². The quantitative estimate of drug-likeness (QED) is 0.912. The summed E-state index contributed by atoms with van der Waals surface area (Å²) in [5, 5.41) is 6.97. The van der Waals surface area contributed by atoms with E-state index in [1.165, 1.54) is 4.88 Å². The van der Waals surface area contributed by atoms with Crippen molar-refractivity contribution < 1.29 is 4.79 Å². The lowest BCUT2D eigenvalue weighted by atomic mass is 10.0. The van der Waals surface area contributed by atoms with Crippen molar-refractivity contribution in [3.05, 3.63) is 46.5 Å². The number of fused-ring (bicyclic) bond motifs is 1. The monoisotopic (exact) mass is 287 g/mol. The standard InChI is InChI=1S/C15H17N3OS/c1-10(11-5-3-2-4-6-11)14(19)18-15-17-12-7-8-16-9-13(12)20-15/h2-6,10,16H,7-9H2,1H3,(H,17,18,19). The summed E-state index contributed by atoms with van der Waals surface area (Å²) in [6.07, 6.45) is 0.940. The number of thiazole rings is 1. The van der Waals surface area contributed by atoms with Crippen molar-refractivity contribution in [1.82, 2.24) is 10.3 Å². The van der Waals surface area contributed by atoms with Crippen LogP contribution in [0.2, 0.25) is 0 Å². The number of hydrogen-bond acceptors (Lipinski definition) is 4. The maximum Gasteiger partial charge on any atom is 0.233 e. The van der Waals surface area contributed by atoms with Crippen LogP contribution >= 0.6 is 11.3 Å². The Balaban J connectivity index is 1.71. The van der Waals surface area contributed by atoms with E-state index in [4.69, 9.17) is 0 Å². The average molecular weight is 287 g/mol. The fourth-order valence-electron chi connectivity index (χ4n) is 2.29. The highest BCUT2D eigenvalue weighted by atomic mass is 32.1. The van der Waals surface area contributed by atoms with E-state index < -0.39 is 0 Å². The smallest absolute Gasteiger partial charge is 0.233 e. The van der Waals surface area contributed by atoms with Crippen molar-refractivity contribution in [2.45, 2.75) is 25.8 Å². The Morgan fingerprint density at radius 3 is 2.95 bits per heavy atom. The zero-order valence-electron chi connectivity index (χ0n) is 11.3. The van der Waals surface area contributed by atoms with E-state index in [9.17, 15) is 4.79 Å². The predicted octanol–water partition coefficient (Wildman–Crippen LogP) is 2.53. The van der Waals surface area contributed by atoms with Crippen LogP contribution in [0.3, 0.4) is 0 Å². The van der Waals surface area contributed by atoms with Crippen LogP contribution in [0.15, 0.2) is 30.3 Å². The molecule has 2 aromatic rings. The Morgan fingerprint density at radius 1 is 1.40 bits per heavy atom. The summed E-state index contributed by atoms with van der Waals surface area (Å²) in [7, 11) is 0. The summed E-state index contributed by atoms with van der Waals surface area (Å²) in [6, 6.07) is 9.80. The van der Waals surface area contributed by atoms with Crippen LogP contribution in [0.5, 0.6) is 0 Å². The van der Waals surface area contributed by atoms with Gasteiger partial charge < -0.3 is 10.6 Å². The van der Waals surface area contributed by atoms with Gasteiger partial charge in [-0.2, -0.15) is 0 Å². The minimum atomic E-state index is -0.171. The van der Waals surface area contributed by atoms with Gasteiger partial charge in [-0.3, -0.25) is 4.79 Å². The number of hydrogen-bond donors (Lipinski definition) is 2. The van der Waals surface area contributed by atoms with E-state index in [1.54, 1.807) is 11.3 Å². The number of nitrogens with zero attached hydrogens (tertiary/aromatic N) is 1. The lowest BCUT2D eigenvalue weighted by Gasteiger charge is -2.10. The molecule has 5 heteroatoms. The third-order valence-electron chi connectivity index (χ3n) is 3.53. The highest BCUT2D eigenvalue weighted by Gasteiger charge is 2.19. The van der Waals surface area contributed by atoms with E-state index in [0.29, 0.717) is 5.13 Å². The van der Waals surface area contributed by atoms with Gasteiger partial charge in [0.25, 0.3) is 0 Å². The molecular weight excluding hydrogens is 270 g/mol. The fourth-order valence-corrected chi connectivity index (χ4v) is 3.27. The van der Waals surface area contributed by atoms with Crippen LogP contribution < -0.4 is 10.6 Å². The summed E-state index contributed by atoms with van der Waals surface area (Å²) in [6.45, 7) is 3.74. The van der Waals surface area contributed by atoms with Crippen LogP contribution in [0, 0.1) is 0 Å². The molecule has 4 nitrogen and oxygen atoms in total. The number of amides is 1. The number of anilines is 1. The maximum absolute atomic E-state index is 12.3. The highest BCUT2D eigenvalue weighted by Crippen LogP contribution is 2.26. The van der Waals surface area contributed by atoms with Crippen molar-refractivity contribution in [1.29, 1.82) is 0 Å². The van der Waals surface area contributed by atoms with Gasteiger partial charge in [-0.25, -0.2) is 4.98 Å². The zero-order valence-corrected chi connectivity index (χ0v) is 12.2. The first-order chi connectivity index (χ1) is 9.74. The van der Waals surface area contributed by atoms with Crippen LogP contribution in [0.4, 0.5) is 5.13 Å². The van der Waals surface area contributed by atoms with E-state index in [0.717, 1.165) is 30.8 Å². The van der Waals surface area contributed by atoms with Gasteiger partial charge in [0.15, 0.2) is 5.13 Å². The molecule has 1 aromatic heterocycles. The van der Waals surface area contributed by atoms with Gasteiger partial charge in [0.1, 0.15) is 0 Å². The molecule has 1 amide bonds. The number of carbonyl (C=O) groups excluding carboxylic acids is 1. The molecule has 0 bridgehead atoms. The average Bonchev–Trinajstić information content (AvgIpc) is 2.89. The molecule has 1 aliphatic rings. The van der Waals surface area contributed by atoms with E-state index in [-0.39, 0.29) is 11.8 Å². The predicted molar refractivity (Wildman–Crippen MR) is 81.0 cm³/mol. The SMILES string of the molecule is CC(C(=O)Nc1nc2c(s1)CNCC2)c1ccccc1. The van der Waals surface area contributed by atoms with Crippen molar-refractivity contribution in [2.24, 2.45) is 0 Å². The summed E-state index contributed by atoms with van der Waals surface area (Å²) in [5.41, 5.74) is 2.14. The first kappa shape index (κ1) is 13.3. The van der Waals surface area contributed by atoms with Crippen LogP contribution in [0.25, 0.3) is 0 Å². The first-order valence-corrected chi connectivity index (χ1v) is 7.61. The lowest BCUT2D eigenvalue weighted by Crippen LogP contribution is -2.22. The largest absolute Gasteiger partial charge is 0.311 e. The van der Waals surface area contributed by atoms with Gasteiger partial charge in [-0.1, -0.05) is 30.3 Å². The number of rotatable bonds is 3. The molecule has 104 valence electrons. The summed E-state index contributed by atoms with van der Waals surface area (Å²) >= 11 is 1.57. The Kier molecular flexibility index (Phi) is 3.80. The minimum Gasteiger partial charge on any atom is -0.311 e. The Labute approximate surface area is 122 Å². The number of carbonyl (C=O) groups is 1. The molecule has 0 saturated carbocycles. The molecule has 0 aliphatic carbocycles. The first-order valence-electron chi connectivity index (χ1n) is 6.79. The van der Waals surface area contributed by atoms with E-state index in [2.05, 4.69) is 15.6 Å². The zero-order chi connectivity index (χ0) is 13.9. The second kappa shape index (κ2) is 5.73. The van der Waals surface area contributed by atoms with Crippen molar-refractivity contribution >= 4 is 22.4 Å². The normalized spacial score (nSPS) is 15.4. The Bertz CT molecular complexity index is 585. The van der Waals surface area contributed by atoms with E-state index in [1.807, 2.05) is 37.3 Å². The fraction of sp³-hybridized carbons (Fsp3) is 0.333. The molecule has 3 rings (SSSR count). The highest BCUT2D eigenvalue weighted by molar-refractivity contribution is 7.15. The van der Waals surface area contributed by atoms with Crippen LogP contribution in [0.1, 0.15) is 29.0 Å². The molecule has 1 unspecified atom stereocenters. The van der Waals surface area contributed by atoms with Crippen LogP contribution in [-0.2, 0) is 17.8 Å². The molecule has 2 heterocycles.